The van der Waals surface area contributed by atoms with E-state index in [0.29, 0.717) is 18.9 Å². The highest BCUT2D eigenvalue weighted by Crippen LogP contribution is 2.16. The number of nitrogens with one attached hydrogen (secondary N) is 1. The van der Waals surface area contributed by atoms with Crippen molar-refractivity contribution in [2.24, 2.45) is 5.92 Å². The largest absolute Gasteiger partial charge is 0.322 e. The number of hydrogen-bond acceptors (Lipinski definition) is 2. The van der Waals surface area contributed by atoms with Crippen molar-refractivity contribution in [3.63, 3.8) is 0 Å². The summed E-state index contributed by atoms with van der Waals surface area (Å²) in [5.41, 5.74) is -0.118. The molecule has 1 amide bonds. The van der Waals surface area contributed by atoms with E-state index in [-0.39, 0.29) is 5.69 Å². The van der Waals surface area contributed by atoms with Crippen molar-refractivity contribution in [2.45, 2.75) is 19.8 Å². The van der Waals surface area contributed by atoms with Gasteiger partial charge in [0, 0.05) is 6.07 Å². The molecule has 17 heavy (non-hydrogen) atoms. The molecular formula is C12H12F2N2O. The molecule has 1 aromatic rings. The Morgan fingerprint density at radius 2 is 2.24 bits per heavy atom. The minimum atomic E-state index is -0.855. The summed E-state index contributed by atoms with van der Waals surface area (Å²) in [4.78, 5) is 11.6. The Kier molecular flexibility index (Phi) is 4.58. The zero-order valence-corrected chi connectivity index (χ0v) is 9.34. The van der Waals surface area contributed by atoms with Crippen LogP contribution < -0.4 is 5.32 Å². The SMILES string of the molecule is CCCC(C#N)C(=O)Nc1ccc(F)cc1F. The van der Waals surface area contributed by atoms with E-state index in [2.05, 4.69) is 5.32 Å². The molecule has 0 aromatic heterocycles. The minimum absolute atomic E-state index is 0.118. The lowest BCUT2D eigenvalue weighted by atomic mass is 10.0. The van der Waals surface area contributed by atoms with Crippen molar-refractivity contribution in [3.8, 4) is 6.07 Å². The van der Waals surface area contributed by atoms with E-state index < -0.39 is 23.5 Å². The number of anilines is 1. The van der Waals surface area contributed by atoms with Gasteiger partial charge in [0.1, 0.15) is 17.6 Å². The third-order valence-electron chi connectivity index (χ3n) is 2.24. The van der Waals surface area contributed by atoms with Gasteiger partial charge < -0.3 is 5.32 Å². The molecule has 0 heterocycles. The van der Waals surface area contributed by atoms with Crippen LogP contribution in [0.25, 0.3) is 0 Å². The molecule has 5 heteroatoms. The van der Waals surface area contributed by atoms with Gasteiger partial charge in [-0.15, -0.1) is 0 Å². The van der Waals surface area contributed by atoms with Gasteiger partial charge in [-0.2, -0.15) is 5.26 Å². The number of amides is 1. The van der Waals surface area contributed by atoms with Crippen LogP contribution in [0.2, 0.25) is 0 Å². The summed E-state index contributed by atoms with van der Waals surface area (Å²) in [6.07, 6.45) is 1.09. The average molecular weight is 238 g/mol. The molecule has 1 unspecified atom stereocenters. The number of nitriles is 1. The van der Waals surface area contributed by atoms with Crippen molar-refractivity contribution >= 4 is 11.6 Å². The van der Waals surface area contributed by atoms with Gasteiger partial charge in [-0.25, -0.2) is 8.78 Å². The fourth-order valence-corrected chi connectivity index (χ4v) is 1.35. The average Bonchev–Trinajstić information content (AvgIpc) is 2.29. The smallest absolute Gasteiger partial charge is 0.241 e. The predicted octanol–water partition coefficient (Wildman–Crippen LogP) is 2.84. The van der Waals surface area contributed by atoms with Crippen LogP contribution in [0.15, 0.2) is 18.2 Å². The van der Waals surface area contributed by atoms with Gasteiger partial charge in [-0.3, -0.25) is 4.79 Å². The zero-order chi connectivity index (χ0) is 12.8. The Balaban J connectivity index is 2.77. The lowest BCUT2D eigenvalue weighted by molar-refractivity contribution is -0.118. The predicted molar refractivity (Wildman–Crippen MR) is 59.0 cm³/mol. The van der Waals surface area contributed by atoms with Gasteiger partial charge >= 0.3 is 0 Å². The number of rotatable bonds is 4. The minimum Gasteiger partial charge on any atom is -0.322 e. The molecule has 0 bridgehead atoms. The summed E-state index contributed by atoms with van der Waals surface area (Å²) >= 11 is 0. The molecule has 0 radical (unpaired) electrons. The van der Waals surface area contributed by atoms with Crippen LogP contribution in [0.4, 0.5) is 14.5 Å². The first-order valence-electron chi connectivity index (χ1n) is 5.24. The van der Waals surface area contributed by atoms with Gasteiger partial charge in [-0.1, -0.05) is 13.3 Å². The fraction of sp³-hybridized carbons (Fsp3) is 0.333. The topological polar surface area (TPSA) is 52.9 Å². The van der Waals surface area contributed by atoms with Gasteiger partial charge in [0.05, 0.1) is 11.8 Å². The van der Waals surface area contributed by atoms with E-state index >= 15 is 0 Å². The van der Waals surface area contributed by atoms with E-state index in [1.54, 1.807) is 0 Å². The normalized spacial score (nSPS) is 11.6. The third-order valence-corrected chi connectivity index (χ3v) is 2.24. The molecular weight excluding hydrogens is 226 g/mol. The Hall–Kier alpha value is -1.96. The van der Waals surface area contributed by atoms with Crippen LogP contribution in [-0.4, -0.2) is 5.91 Å². The van der Waals surface area contributed by atoms with Crippen molar-refractivity contribution in [3.05, 3.63) is 29.8 Å². The molecule has 0 saturated heterocycles. The van der Waals surface area contributed by atoms with Crippen molar-refractivity contribution < 1.29 is 13.6 Å². The Morgan fingerprint density at radius 1 is 1.53 bits per heavy atom. The maximum atomic E-state index is 13.2. The summed E-state index contributed by atoms with van der Waals surface area (Å²) < 4.78 is 25.9. The first-order chi connectivity index (χ1) is 8.08. The summed E-state index contributed by atoms with van der Waals surface area (Å²) in [5, 5.41) is 11.0. The quantitative estimate of drug-likeness (QED) is 0.876. The molecule has 1 aromatic carbocycles. The van der Waals surface area contributed by atoms with Crippen molar-refractivity contribution in [1.82, 2.24) is 0 Å². The molecule has 0 fully saturated rings. The second kappa shape index (κ2) is 5.94. The number of nitrogens with zero attached hydrogens (tertiary/aromatic N) is 1. The number of carbonyl (C=O) groups is 1. The molecule has 3 nitrogen and oxygen atoms in total. The Labute approximate surface area is 98.1 Å². The lowest BCUT2D eigenvalue weighted by Crippen LogP contribution is -2.22. The summed E-state index contributed by atoms with van der Waals surface area (Å²) in [5.74, 6) is -2.96. The van der Waals surface area contributed by atoms with Crippen LogP contribution in [-0.2, 0) is 4.79 Å². The van der Waals surface area contributed by atoms with Crippen LogP contribution >= 0.6 is 0 Å². The molecule has 1 rings (SSSR count). The number of halogens is 2. The standard InChI is InChI=1S/C12H12F2N2O/c1-2-3-8(7-15)12(17)16-11-5-4-9(13)6-10(11)14/h4-6,8H,2-3H2,1H3,(H,16,17). The second-order valence-electron chi connectivity index (χ2n) is 3.58. The lowest BCUT2D eigenvalue weighted by Gasteiger charge is -2.09. The summed E-state index contributed by atoms with van der Waals surface area (Å²) in [6, 6.07) is 4.69. The first-order valence-corrected chi connectivity index (χ1v) is 5.24. The van der Waals surface area contributed by atoms with E-state index in [4.69, 9.17) is 5.26 Å². The van der Waals surface area contributed by atoms with Crippen molar-refractivity contribution in [2.75, 3.05) is 5.32 Å². The highest BCUT2D eigenvalue weighted by Gasteiger charge is 2.18. The second-order valence-corrected chi connectivity index (χ2v) is 3.58. The maximum Gasteiger partial charge on any atom is 0.241 e. The highest BCUT2D eigenvalue weighted by atomic mass is 19.1. The summed E-state index contributed by atoms with van der Waals surface area (Å²) in [7, 11) is 0. The fourth-order valence-electron chi connectivity index (χ4n) is 1.35. The Bertz CT molecular complexity index is 454. The van der Waals surface area contributed by atoms with Crippen molar-refractivity contribution in [1.29, 1.82) is 5.26 Å². The number of carbonyl (C=O) groups excluding carboxylic acids is 1. The Morgan fingerprint density at radius 3 is 2.76 bits per heavy atom. The van der Waals surface area contributed by atoms with Crippen LogP contribution in [0, 0.1) is 28.9 Å². The van der Waals surface area contributed by atoms with Gasteiger partial charge in [0.15, 0.2) is 0 Å². The molecule has 0 aliphatic carbocycles. The molecule has 0 aliphatic heterocycles. The van der Waals surface area contributed by atoms with E-state index in [9.17, 15) is 13.6 Å². The van der Waals surface area contributed by atoms with Gasteiger partial charge in [0.25, 0.3) is 0 Å². The maximum absolute atomic E-state index is 13.2. The van der Waals surface area contributed by atoms with Gasteiger partial charge in [-0.05, 0) is 18.6 Å². The highest BCUT2D eigenvalue weighted by molar-refractivity contribution is 5.94. The molecule has 1 N–H and O–H groups in total. The van der Waals surface area contributed by atoms with E-state index in [0.717, 1.165) is 12.1 Å². The van der Waals surface area contributed by atoms with Crippen LogP contribution in [0.5, 0.6) is 0 Å². The molecule has 0 spiro atoms. The number of benzene rings is 1. The molecule has 0 aliphatic rings. The van der Waals surface area contributed by atoms with Gasteiger partial charge in [0.2, 0.25) is 5.91 Å². The molecule has 1 atom stereocenters. The summed E-state index contributed by atoms with van der Waals surface area (Å²) in [6.45, 7) is 1.84. The van der Waals surface area contributed by atoms with Crippen LogP contribution in [0.3, 0.4) is 0 Å². The first kappa shape index (κ1) is 13.1. The third kappa shape index (κ3) is 3.52. The number of hydrogen-bond donors (Lipinski definition) is 1. The van der Waals surface area contributed by atoms with E-state index in [1.807, 2.05) is 13.0 Å². The monoisotopic (exact) mass is 238 g/mol. The zero-order valence-electron chi connectivity index (χ0n) is 9.34. The van der Waals surface area contributed by atoms with E-state index in [1.165, 1.54) is 0 Å². The molecule has 0 saturated carbocycles. The molecule has 90 valence electrons. The van der Waals surface area contributed by atoms with Crippen LogP contribution in [0.1, 0.15) is 19.8 Å².